The van der Waals surface area contributed by atoms with E-state index < -0.39 is 24.2 Å². The zero-order valence-electron chi connectivity index (χ0n) is 23.4. The van der Waals surface area contributed by atoms with Crippen LogP contribution in [0.2, 0.25) is 0 Å². The predicted molar refractivity (Wildman–Crippen MR) is 148 cm³/mol. The van der Waals surface area contributed by atoms with Crippen LogP contribution >= 0.6 is 0 Å². The second-order valence-electron chi connectivity index (χ2n) is 10.5. The van der Waals surface area contributed by atoms with E-state index in [0.29, 0.717) is 43.8 Å². The maximum absolute atomic E-state index is 13.3. The Morgan fingerprint density at radius 3 is 2.79 bits per heavy atom. The molecule has 0 aliphatic carbocycles. The molecule has 2 N–H and O–H groups in total. The number of ether oxygens (including phenoxy) is 1. The Bertz CT molecular complexity index is 1130. The summed E-state index contributed by atoms with van der Waals surface area (Å²) in [7, 11) is 0. The molecule has 5 atom stereocenters. The molecule has 3 heterocycles. The van der Waals surface area contributed by atoms with E-state index in [1.807, 2.05) is 33.8 Å². The molecule has 0 radical (unpaired) electrons. The average Bonchev–Trinajstić information content (AvgIpc) is 3.57. The Morgan fingerprint density at radius 2 is 2.05 bits per heavy atom. The quantitative estimate of drug-likeness (QED) is 0.432. The number of carbonyl (C=O) groups excluding carboxylic acids is 3. The third kappa shape index (κ3) is 8.51. The second-order valence-corrected chi connectivity index (χ2v) is 10.5. The Morgan fingerprint density at radius 1 is 1.28 bits per heavy atom. The number of carbonyl (C=O) groups is 3. The van der Waals surface area contributed by atoms with Gasteiger partial charge in [0.25, 0.3) is 5.91 Å². The molecule has 9 nitrogen and oxygen atoms in total. The highest BCUT2D eigenvalue weighted by molar-refractivity contribution is 5.95. The molecule has 0 saturated carbocycles. The summed E-state index contributed by atoms with van der Waals surface area (Å²) >= 11 is 0. The normalized spacial score (nSPS) is 30.0. The molecule has 2 aliphatic rings. The zero-order chi connectivity index (χ0) is 28.5. The number of amides is 2. The molecule has 2 aliphatic heterocycles. The lowest BCUT2D eigenvalue weighted by Gasteiger charge is -2.30. The van der Waals surface area contributed by atoms with Crippen molar-refractivity contribution in [3.8, 4) is 0 Å². The average molecular weight is 540 g/mol. The molecule has 2 amide bonds. The SMILES string of the molecule is C=C1Cc2nc(co2)C(=O)N2CCCC2C(=O)OC(C(C)CC)C(C)/C=C/C(=O)NC/C=C/C(C)=C/C(O)C1. The maximum atomic E-state index is 13.3. The molecule has 1 saturated heterocycles. The topological polar surface area (TPSA) is 122 Å². The van der Waals surface area contributed by atoms with Crippen LogP contribution in [-0.4, -0.2) is 64.1 Å². The molecule has 5 unspecified atom stereocenters. The minimum atomic E-state index is -0.756. The van der Waals surface area contributed by atoms with Gasteiger partial charge in [0, 0.05) is 25.4 Å². The standard InChI is InChI=1S/C30H41N3O6/c1-6-21(4)28-22(5)11-12-26(35)31-13-7-9-19(2)15-23(34)16-20(3)17-27-32-24(18-38-27)29(36)33-14-8-10-25(33)30(37)39-28/h7,9,11-12,15,18,21-23,25,28,34H,3,6,8,10,13-14,16-17H2,1-2,4-5H3,(H,31,35)/b9-7+,12-11+,19-15+. The fraction of sp³-hybridized carbons (Fsp3) is 0.533. The fourth-order valence-corrected chi connectivity index (χ4v) is 4.89. The van der Waals surface area contributed by atoms with E-state index in [-0.39, 0.29) is 35.8 Å². The van der Waals surface area contributed by atoms with Crippen LogP contribution in [0.4, 0.5) is 0 Å². The van der Waals surface area contributed by atoms with Crippen LogP contribution in [0.25, 0.3) is 0 Å². The molecule has 2 bridgehead atoms. The number of hydrogen-bond donors (Lipinski definition) is 2. The number of oxazole rings is 1. The number of nitrogens with one attached hydrogen (secondary N) is 1. The molecule has 1 aromatic rings. The summed E-state index contributed by atoms with van der Waals surface area (Å²) in [6.07, 6.45) is 11.2. The van der Waals surface area contributed by atoms with E-state index >= 15 is 0 Å². The Hall–Kier alpha value is -3.46. The van der Waals surface area contributed by atoms with Gasteiger partial charge in [-0.05, 0) is 38.2 Å². The van der Waals surface area contributed by atoms with Crippen molar-refractivity contribution in [2.24, 2.45) is 11.8 Å². The smallest absolute Gasteiger partial charge is 0.329 e. The Labute approximate surface area is 230 Å². The van der Waals surface area contributed by atoms with Gasteiger partial charge in [0.1, 0.15) is 18.4 Å². The lowest BCUT2D eigenvalue weighted by Crippen LogP contribution is -2.44. The molecule has 39 heavy (non-hydrogen) atoms. The second kappa shape index (κ2) is 14.1. The first kappa shape index (κ1) is 30.1. The highest BCUT2D eigenvalue weighted by atomic mass is 16.5. The number of aromatic nitrogens is 1. The van der Waals surface area contributed by atoms with E-state index in [4.69, 9.17) is 9.15 Å². The van der Waals surface area contributed by atoms with Crippen LogP contribution < -0.4 is 5.32 Å². The van der Waals surface area contributed by atoms with Crippen molar-refractivity contribution in [3.63, 3.8) is 0 Å². The van der Waals surface area contributed by atoms with Crippen molar-refractivity contribution in [1.82, 2.24) is 15.2 Å². The minimum absolute atomic E-state index is 0.0518. The summed E-state index contributed by atoms with van der Waals surface area (Å²) in [5, 5.41) is 13.2. The van der Waals surface area contributed by atoms with E-state index in [0.717, 1.165) is 12.0 Å². The molecule has 1 aromatic heterocycles. The summed E-state index contributed by atoms with van der Waals surface area (Å²) in [5.41, 5.74) is 1.66. The van der Waals surface area contributed by atoms with E-state index in [1.165, 1.54) is 17.2 Å². The zero-order valence-corrected chi connectivity index (χ0v) is 23.4. The van der Waals surface area contributed by atoms with Crippen molar-refractivity contribution < 1.29 is 28.6 Å². The number of esters is 1. The summed E-state index contributed by atoms with van der Waals surface area (Å²) in [5.74, 6) is -0.930. The monoisotopic (exact) mass is 539 g/mol. The minimum Gasteiger partial charge on any atom is -0.460 e. The molecule has 0 spiro atoms. The number of aliphatic hydroxyl groups is 1. The Kier molecular flexibility index (Phi) is 10.9. The fourth-order valence-electron chi connectivity index (χ4n) is 4.89. The molecule has 3 rings (SSSR count). The molecule has 0 aromatic carbocycles. The van der Waals surface area contributed by atoms with Crippen LogP contribution in [0.3, 0.4) is 0 Å². The molecular formula is C30H41N3O6. The van der Waals surface area contributed by atoms with Crippen LogP contribution in [0.15, 0.2) is 58.8 Å². The van der Waals surface area contributed by atoms with Crippen molar-refractivity contribution in [3.05, 3.63) is 66.0 Å². The number of allylic oxidation sites excluding steroid dienone is 2. The van der Waals surface area contributed by atoms with Crippen LogP contribution in [0.1, 0.15) is 69.8 Å². The van der Waals surface area contributed by atoms with Gasteiger partial charge in [-0.25, -0.2) is 9.78 Å². The summed E-state index contributed by atoms with van der Waals surface area (Å²) in [4.78, 5) is 44.8. The Balaban J connectivity index is 1.87. The van der Waals surface area contributed by atoms with Gasteiger partial charge in [-0.1, -0.05) is 69.2 Å². The van der Waals surface area contributed by atoms with Crippen molar-refractivity contribution in [1.29, 1.82) is 0 Å². The molecule has 9 heteroatoms. The third-order valence-electron chi connectivity index (χ3n) is 7.21. The first-order valence-corrected chi connectivity index (χ1v) is 13.7. The molecule has 212 valence electrons. The van der Waals surface area contributed by atoms with E-state index in [2.05, 4.69) is 16.9 Å². The van der Waals surface area contributed by atoms with Crippen molar-refractivity contribution in [2.45, 2.75) is 78.0 Å². The van der Waals surface area contributed by atoms with E-state index in [9.17, 15) is 19.5 Å². The van der Waals surface area contributed by atoms with Crippen LogP contribution in [0.5, 0.6) is 0 Å². The number of cyclic esters (lactones) is 1. The maximum Gasteiger partial charge on any atom is 0.329 e. The van der Waals surface area contributed by atoms with Gasteiger partial charge in [0.15, 0.2) is 11.6 Å². The number of hydrogen-bond acceptors (Lipinski definition) is 7. The van der Waals surface area contributed by atoms with Gasteiger partial charge in [0.2, 0.25) is 5.91 Å². The van der Waals surface area contributed by atoms with Crippen LogP contribution in [0, 0.1) is 11.8 Å². The van der Waals surface area contributed by atoms with Crippen molar-refractivity contribution >= 4 is 17.8 Å². The van der Waals surface area contributed by atoms with Crippen LogP contribution in [-0.2, 0) is 20.7 Å². The van der Waals surface area contributed by atoms with Gasteiger partial charge in [-0.3, -0.25) is 9.59 Å². The first-order chi connectivity index (χ1) is 18.6. The lowest BCUT2D eigenvalue weighted by atomic mass is 9.91. The number of fused-ring (bicyclic) bond motifs is 3. The summed E-state index contributed by atoms with van der Waals surface area (Å²) in [6.45, 7) is 12.6. The number of rotatable bonds is 2. The summed E-state index contributed by atoms with van der Waals surface area (Å²) in [6, 6.07) is -0.711. The van der Waals surface area contributed by atoms with Gasteiger partial charge >= 0.3 is 5.97 Å². The van der Waals surface area contributed by atoms with Gasteiger partial charge in [-0.15, -0.1) is 0 Å². The van der Waals surface area contributed by atoms with Gasteiger partial charge in [-0.2, -0.15) is 0 Å². The molecule has 1 fully saturated rings. The first-order valence-electron chi connectivity index (χ1n) is 13.7. The van der Waals surface area contributed by atoms with Crippen molar-refractivity contribution in [2.75, 3.05) is 13.1 Å². The highest BCUT2D eigenvalue weighted by Crippen LogP contribution is 2.26. The molecular weight excluding hydrogens is 498 g/mol. The predicted octanol–water partition coefficient (Wildman–Crippen LogP) is 3.91. The van der Waals surface area contributed by atoms with Gasteiger partial charge < -0.3 is 24.5 Å². The number of nitrogens with zero attached hydrogens (tertiary/aromatic N) is 2. The number of aliphatic hydroxyl groups excluding tert-OH is 1. The van der Waals surface area contributed by atoms with E-state index in [1.54, 1.807) is 18.2 Å². The largest absolute Gasteiger partial charge is 0.460 e. The van der Waals surface area contributed by atoms with Gasteiger partial charge in [0.05, 0.1) is 6.10 Å². The highest BCUT2D eigenvalue weighted by Gasteiger charge is 2.39. The lowest BCUT2D eigenvalue weighted by molar-refractivity contribution is -0.158. The third-order valence-corrected chi connectivity index (χ3v) is 7.21. The summed E-state index contributed by atoms with van der Waals surface area (Å²) < 4.78 is 11.5.